The molecule has 10 heteroatoms. The van der Waals surface area contributed by atoms with E-state index in [1.54, 1.807) is 13.3 Å². The standard InChI is InChI=1S/C21H22BrF2N3O3.ClH/c1-27-7-6-25-21(27)19(13-4-3-5-16(8-13)29-2)26-11-15(28)12-30-20-17(23)9-14(22)10-18(20)24;/h3-10,15,19,26,28H,11-12H2,1-2H3;1H. The van der Waals surface area contributed by atoms with Crippen LogP contribution in [0.3, 0.4) is 0 Å². The minimum absolute atomic E-state index is 0. The minimum atomic E-state index is -1.01. The molecule has 3 rings (SSSR count). The van der Waals surface area contributed by atoms with Crippen molar-refractivity contribution < 1.29 is 23.4 Å². The molecule has 0 amide bonds. The fraction of sp³-hybridized carbons (Fsp3) is 0.286. The van der Waals surface area contributed by atoms with E-state index in [0.29, 0.717) is 5.75 Å². The summed E-state index contributed by atoms with van der Waals surface area (Å²) in [6, 6.07) is 9.36. The second-order valence-electron chi connectivity index (χ2n) is 6.68. The highest BCUT2D eigenvalue weighted by atomic mass is 79.9. The topological polar surface area (TPSA) is 68.5 Å². The Morgan fingerprint density at radius 2 is 1.94 bits per heavy atom. The molecule has 2 unspecified atom stereocenters. The van der Waals surface area contributed by atoms with Crippen molar-refractivity contribution in [2.75, 3.05) is 20.3 Å². The second kappa shape index (κ2) is 11.4. The van der Waals surface area contributed by atoms with Gasteiger partial charge < -0.3 is 24.5 Å². The number of aryl methyl sites for hydroxylation is 1. The monoisotopic (exact) mass is 517 g/mol. The number of aromatic nitrogens is 2. The Kier molecular flexibility index (Phi) is 9.24. The molecule has 2 N–H and O–H groups in total. The van der Waals surface area contributed by atoms with Gasteiger partial charge >= 0.3 is 0 Å². The molecule has 2 aromatic carbocycles. The van der Waals surface area contributed by atoms with E-state index in [2.05, 4.69) is 26.2 Å². The Morgan fingerprint density at radius 3 is 2.55 bits per heavy atom. The van der Waals surface area contributed by atoms with Crippen LogP contribution in [0.5, 0.6) is 11.5 Å². The van der Waals surface area contributed by atoms with Gasteiger partial charge in [0.1, 0.15) is 24.3 Å². The third-order valence-corrected chi connectivity index (χ3v) is 4.94. The first-order valence-corrected chi connectivity index (χ1v) is 9.98. The van der Waals surface area contributed by atoms with Gasteiger partial charge in [0.25, 0.3) is 0 Å². The van der Waals surface area contributed by atoms with E-state index in [-0.39, 0.29) is 36.1 Å². The van der Waals surface area contributed by atoms with E-state index in [9.17, 15) is 13.9 Å². The van der Waals surface area contributed by atoms with Crippen molar-refractivity contribution >= 4 is 28.3 Å². The fourth-order valence-corrected chi connectivity index (χ4v) is 3.40. The van der Waals surface area contributed by atoms with Gasteiger partial charge in [-0.25, -0.2) is 13.8 Å². The van der Waals surface area contributed by atoms with Gasteiger partial charge in [-0.15, -0.1) is 12.4 Å². The summed E-state index contributed by atoms with van der Waals surface area (Å²) in [6.07, 6.45) is 2.49. The Hall–Kier alpha value is -2.20. The molecule has 3 aromatic rings. The summed E-state index contributed by atoms with van der Waals surface area (Å²) in [5, 5.41) is 13.6. The van der Waals surface area contributed by atoms with E-state index < -0.39 is 23.5 Å². The summed E-state index contributed by atoms with van der Waals surface area (Å²) in [6.45, 7) is -0.178. The maximum atomic E-state index is 13.9. The quantitative estimate of drug-likeness (QED) is 0.448. The molecule has 0 aliphatic carbocycles. The lowest BCUT2D eigenvalue weighted by molar-refractivity contribution is 0.0996. The van der Waals surface area contributed by atoms with Gasteiger partial charge in [-0.2, -0.15) is 0 Å². The first-order valence-electron chi connectivity index (χ1n) is 9.19. The summed E-state index contributed by atoms with van der Waals surface area (Å²) in [7, 11) is 3.46. The molecule has 0 aliphatic heterocycles. The molecule has 6 nitrogen and oxygen atoms in total. The molecular weight excluding hydrogens is 496 g/mol. The molecule has 1 heterocycles. The maximum Gasteiger partial charge on any atom is 0.190 e. The number of nitrogens with zero attached hydrogens (tertiary/aromatic N) is 2. The Labute approximate surface area is 193 Å². The van der Waals surface area contributed by atoms with Crippen molar-refractivity contribution in [3.8, 4) is 11.5 Å². The minimum Gasteiger partial charge on any atom is -0.497 e. The van der Waals surface area contributed by atoms with E-state index in [1.165, 1.54) is 0 Å². The number of aliphatic hydroxyl groups excluding tert-OH is 1. The summed E-state index contributed by atoms with van der Waals surface area (Å²) < 4.78 is 40.4. The summed E-state index contributed by atoms with van der Waals surface area (Å²) in [5.74, 6) is -0.778. The summed E-state index contributed by atoms with van der Waals surface area (Å²) in [5.41, 5.74) is 0.891. The number of benzene rings is 2. The van der Waals surface area contributed by atoms with Crippen LogP contribution in [-0.2, 0) is 7.05 Å². The maximum absolute atomic E-state index is 13.9. The average Bonchev–Trinajstić information content (AvgIpc) is 3.13. The highest BCUT2D eigenvalue weighted by Gasteiger charge is 2.21. The lowest BCUT2D eigenvalue weighted by atomic mass is 10.1. The highest BCUT2D eigenvalue weighted by molar-refractivity contribution is 9.10. The van der Waals surface area contributed by atoms with E-state index in [1.807, 2.05) is 42.1 Å². The molecule has 31 heavy (non-hydrogen) atoms. The smallest absolute Gasteiger partial charge is 0.190 e. The summed E-state index contributed by atoms with van der Waals surface area (Å²) in [4.78, 5) is 4.39. The van der Waals surface area contributed by atoms with Crippen LogP contribution >= 0.6 is 28.3 Å². The zero-order valence-corrected chi connectivity index (χ0v) is 19.3. The van der Waals surface area contributed by atoms with Gasteiger partial charge in [-0.05, 0) is 29.8 Å². The summed E-state index contributed by atoms with van der Waals surface area (Å²) >= 11 is 3.01. The third-order valence-electron chi connectivity index (χ3n) is 4.48. The molecule has 0 saturated carbocycles. The van der Waals surface area contributed by atoms with Crippen LogP contribution in [-0.4, -0.2) is 41.0 Å². The predicted octanol–water partition coefficient (Wildman–Crippen LogP) is 4.01. The van der Waals surface area contributed by atoms with Gasteiger partial charge in [-0.1, -0.05) is 28.1 Å². The first-order chi connectivity index (χ1) is 14.4. The first kappa shape index (κ1) is 25.1. The molecular formula is C21H23BrClF2N3O3. The van der Waals surface area contributed by atoms with Crippen molar-refractivity contribution in [1.82, 2.24) is 14.9 Å². The van der Waals surface area contributed by atoms with Crippen LogP contribution in [0, 0.1) is 11.6 Å². The molecule has 168 valence electrons. The van der Waals surface area contributed by atoms with Crippen LogP contribution in [0.15, 0.2) is 53.3 Å². The van der Waals surface area contributed by atoms with Gasteiger partial charge in [0.15, 0.2) is 17.4 Å². The molecule has 0 bridgehead atoms. The number of halogens is 4. The van der Waals surface area contributed by atoms with Crippen LogP contribution in [0.4, 0.5) is 8.78 Å². The second-order valence-corrected chi connectivity index (χ2v) is 7.59. The van der Waals surface area contributed by atoms with E-state index in [4.69, 9.17) is 9.47 Å². The molecule has 2 atom stereocenters. The number of hydrogen-bond donors (Lipinski definition) is 2. The third kappa shape index (κ3) is 6.39. The zero-order valence-electron chi connectivity index (χ0n) is 16.9. The Balaban J connectivity index is 0.00000341. The predicted molar refractivity (Wildman–Crippen MR) is 119 cm³/mol. The number of nitrogens with one attached hydrogen (secondary N) is 1. The number of hydrogen-bond acceptors (Lipinski definition) is 5. The van der Waals surface area contributed by atoms with Crippen molar-refractivity contribution in [2.45, 2.75) is 12.1 Å². The Bertz CT molecular complexity index is 983. The molecule has 0 fully saturated rings. The number of rotatable bonds is 9. The van der Waals surface area contributed by atoms with Gasteiger partial charge in [-0.3, -0.25) is 0 Å². The SMILES string of the molecule is COc1cccc(C(NCC(O)COc2c(F)cc(Br)cc2F)c2nccn2C)c1.Cl. The average molecular weight is 519 g/mol. The molecule has 1 aromatic heterocycles. The lowest BCUT2D eigenvalue weighted by Crippen LogP contribution is -2.35. The van der Waals surface area contributed by atoms with Crippen LogP contribution in [0.2, 0.25) is 0 Å². The molecule has 0 spiro atoms. The molecule has 0 aliphatic rings. The normalized spacial score (nSPS) is 12.7. The Morgan fingerprint density at radius 1 is 1.23 bits per heavy atom. The largest absolute Gasteiger partial charge is 0.497 e. The molecule has 0 saturated heterocycles. The van der Waals surface area contributed by atoms with Crippen molar-refractivity contribution in [3.05, 3.63) is 76.3 Å². The van der Waals surface area contributed by atoms with Crippen LogP contribution < -0.4 is 14.8 Å². The number of aliphatic hydroxyl groups is 1. The number of ether oxygens (including phenoxy) is 2. The van der Waals surface area contributed by atoms with Gasteiger partial charge in [0, 0.05) is 30.5 Å². The van der Waals surface area contributed by atoms with Gasteiger partial charge in [0.05, 0.1) is 13.2 Å². The van der Waals surface area contributed by atoms with Crippen molar-refractivity contribution in [3.63, 3.8) is 0 Å². The lowest BCUT2D eigenvalue weighted by Gasteiger charge is -2.22. The number of imidazole rings is 1. The zero-order chi connectivity index (χ0) is 21.7. The fourth-order valence-electron chi connectivity index (χ4n) is 2.99. The highest BCUT2D eigenvalue weighted by Crippen LogP contribution is 2.26. The molecule has 0 radical (unpaired) electrons. The van der Waals surface area contributed by atoms with Gasteiger partial charge in [0.2, 0.25) is 0 Å². The van der Waals surface area contributed by atoms with Crippen molar-refractivity contribution in [2.24, 2.45) is 7.05 Å². The van der Waals surface area contributed by atoms with E-state index in [0.717, 1.165) is 23.5 Å². The van der Waals surface area contributed by atoms with Crippen LogP contribution in [0.25, 0.3) is 0 Å². The van der Waals surface area contributed by atoms with Crippen molar-refractivity contribution in [1.29, 1.82) is 0 Å². The van der Waals surface area contributed by atoms with E-state index >= 15 is 0 Å². The number of methoxy groups -OCH3 is 1. The van der Waals surface area contributed by atoms with Crippen LogP contribution in [0.1, 0.15) is 17.4 Å².